The van der Waals surface area contributed by atoms with E-state index in [9.17, 15) is 9.90 Å². The molecule has 2 aliphatic heterocycles. The summed E-state index contributed by atoms with van der Waals surface area (Å²) in [6.45, 7) is 6.51. The number of nitrogens with zero attached hydrogens (tertiary/aromatic N) is 2. The van der Waals surface area contributed by atoms with E-state index in [-0.39, 0.29) is 18.6 Å². The van der Waals surface area contributed by atoms with Crippen molar-refractivity contribution >= 4 is 6.03 Å². The number of aliphatic hydroxyl groups is 1. The molecule has 0 radical (unpaired) electrons. The third-order valence-electron chi connectivity index (χ3n) is 5.11. The Balaban J connectivity index is 1.54. The molecule has 2 N–H and O–H groups in total. The van der Waals surface area contributed by atoms with Gasteiger partial charge < -0.3 is 20.1 Å². The second-order valence-corrected chi connectivity index (χ2v) is 6.95. The molecule has 6 nitrogen and oxygen atoms in total. The number of morpholine rings is 1. The molecule has 2 saturated heterocycles. The molecule has 1 aromatic carbocycles. The Morgan fingerprint density at radius 2 is 1.96 bits per heavy atom. The lowest BCUT2D eigenvalue weighted by Crippen LogP contribution is -2.46. The maximum absolute atomic E-state index is 12.4. The van der Waals surface area contributed by atoms with Crippen molar-refractivity contribution in [2.45, 2.75) is 25.9 Å². The predicted molar refractivity (Wildman–Crippen MR) is 96.2 cm³/mol. The van der Waals surface area contributed by atoms with Crippen LogP contribution < -0.4 is 5.32 Å². The van der Waals surface area contributed by atoms with Gasteiger partial charge in [-0.1, -0.05) is 24.3 Å². The Kier molecular flexibility index (Phi) is 6.67. The highest BCUT2D eigenvalue weighted by atomic mass is 16.5. The minimum Gasteiger partial charge on any atom is -0.396 e. The van der Waals surface area contributed by atoms with Crippen LogP contribution in [0.15, 0.2) is 24.3 Å². The molecule has 0 aromatic heterocycles. The molecule has 1 atom stereocenters. The highest BCUT2D eigenvalue weighted by Crippen LogP contribution is 2.16. The van der Waals surface area contributed by atoms with Gasteiger partial charge >= 0.3 is 6.03 Å². The Bertz CT molecular complexity index is 561. The van der Waals surface area contributed by atoms with Gasteiger partial charge in [0, 0.05) is 45.9 Å². The maximum atomic E-state index is 12.4. The van der Waals surface area contributed by atoms with E-state index in [0.29, 0.717) is 13.1 Å². The number of benzene rings is 1. The van der Waals surface area contributed by atoms with E-state index < -0.39 is 0 Å². The minimum atomic E-state index is -0.0284. The van der Waals surface area contributed by atoms with E-state index in [0.717, 1.165) is 57.8 Å². The number of hydrogen-bond acceptors (Lipinski definition) is 4. The standard InChI is InChI=1S/C19H29N3O3/c23-15-16-4-3-7-22(13-16)19(24)20-12-17-5-1-2-6-18(17)14-21-8-10-25-11-9-21/h1-2,5-6,16,23H,3-4,7-15H2,(H,20,24). The average Bonchev–Trinajstić information content (AvgIpc) is 2.68. The van der Waals surface area contributed by atoms with Crippen molar-refractivity contribution in [3.05, 3.63) is 35.4 Å². The van der Waals surface area contributed by atoms with Gasteiger partial charge in [-0.2, -0.15) is 0 Å². The van der Waals surface area contributed by atoms with Crippen molar-refractivity contribution in [3.8, 4) is 0 Å². The van der Waals surface area contributed by atoms with Gasteiger partial charge in [0.05, 0.1) is 13.2 Å². The van der Waals surface area contributed by atoms with Crippen LogP contribution in [0.5, 0.6) is 0 Å². The SMILES string of the molecule is O=C(NCc1ccccc1CN1CCOCC1)N1CCCC(CO)C1. The predicted octanol–water partition coefficient (Wildman–Crippen LogP) is 1.43. The summed E-state index contributed by atoms with van der Waals surface area (Å²) < 4.78 is 5.41. The number of aliphatic hydroxyl groups excluding tert-OH is 1. The molecule has 2 amide bonds. The van der Waals surface area contributed by atoms with Crippen molar-refractivity contribution in [2.75, 3.05) is 46.0 Å². The minimum absolute atomic E-state index is 0.0284. The number of amides is 2. The van der Waals surface area contributed by atoms with Crippen LogP contribution in [0.3, 0.4) is 0 Å². The van der Waals surface area contributed by atoms with Crippen LogP contribution in [-0.2, 0) is 17.8 Å². The summed E-state index contributed by atoms with van der Waals surface area (Å²) in [6, 6.07) is 8.27. The molecule has 2 fully saturated rings. The third kappa shape index (κ3) is 5.17. The van der Waals surface area contributed by atoms with Crippen LogP contribution in [0.25, 0.3) is 0 Å². The number of piperidine rings is 1. The summed E-state index contributed by atoms with van der Waals surface area (Å²) in [4.78, 5) is 16.7. The van der Waals surface area contributed by atoms with Crippen LogP contribution in [0.2, 0.25) is 0 Å². The molecule has 138 valence electrons. The van der Waals surface area contributed by atoms with Crippen LogP contribution in [0.1, 0.15) is 24.0 Å². The van der Waals surface area contributed by atoms with Gasteiger partial charge in [-0.05, 0) is 29.9 Å². The number of rotatable bonds is 5. The van der Waals surface area contributed by atoms with Crippen molar-refractivity contribution < 1.29 is 14.6 Å². The zero-order chi connectivity index (χ0) is 17.5. The number of carbonyl (C=O) groups is 1. The largest absolute Gasteiger partial charge is 0.396 e. The fraction of sp³-hybridized carbons (Fsp3) is 0.632. The maximum Gasteiger partial charge on any atom is 0.317 e. The zero-order valence-electron chi connectivity index (χ0n) is 14.8. The van der Waals surface area contributed by atoms with Gasteiger partial charge in [-0.15, -0.1) is 0 Å². The third-order valence-corrected chi connectivity index (χ3v) is 5.11. The first-order valence-electron chi connectivity index (χ1n) is 9.27. The molecule has 0 aliphatic carbocycles. The summed E-state index contributed by atoms with van der Waals surface area (Å²) in [5.41, 5.74) is 2.43. The Morgan fingerprint density at radius 1 is 1.20 bits per heavy atom. The molecule has 1 aromatic rings. The summed E-state index contributed by atoms with van der Waals surface area (Å²) in [5, 5.41) is 12.4. The molecule has 0 bridgehead atoms. The van der Waals surface area contributed by atoms with E-state index in [1.165, 1.54) is 5.56 Å². The van der Waals surface area contributed by atoms with Crippen LogP contribution in [0.4, 0.5) is 4.79 Å². The van der Waals surface area contributed by atoms with Gasteiger partial charge in [0.2, 0.25) is 0 Å². The molecular weight excluding hydrogens is 318 g/mol. The van der Waals surface area contributed by atoms with E-state index in [1.807, 2.05) is 11.0 Å². The topological polar surface area (TPSA) is 65.0 Å². The Morgan fingerprint density at radius 3 is 2.72 bits per heavy atom. The van der Waals surface area contributed by atoms with Crippen molar-refractivity contribution in [2.24, 2.45) is 5.92 Å². The number of carbonyl (C=O) groups excluding carboxylic acids is 1. The molecule has 6 heteroatoms. The average molecular weight is 347 g/mol. The van der Waals surface area contributed by atoms with Crippen LogP contribution >= 0.6 is 0 Å². The van der Waals surface area contributed by atoms with Gasteiger partial charge in [0.1, 0.15) is 0 Å². The first-order chi connectivity index (χ1) is 12.3. The number of ether oxygens (including phenoxy) is 1. The van der Waals surface area contributed by atoms with E-state index in [4.69, 9.17) is 4.74 Å². The summed E-state index contributed by atoms with van der Waals surface area (Å²) in [7, 11) is 0. The Labute approximate surface area is 149 Å². The summed E-state index contributed by atoms with van der Waals surface area (Å²) in [5.74, 6) is 0.216. The number of hydrogen-bond donors (Lipinski definition) is 2. The summed E-state index contributed by atoms with van der Waals surface area (Å²) >= 11 is 0. The molecule has 1 unspecified atom stereocenters. The van der Waals surface area contributed by atoms with Crippen LogP contribution in [0, 0.1) is 5.92 Å². The zero-order valence-corrected chi connectivity index (χ0v) is 14.8. The van der Waals surface area contributed by atoms with Crippen molar-refractivity contribution in [1.82, 2.24) is 15.1 Å². The quantitative estimate of drug-likeness (QED) is 0.846. The molecule has 0 spiro atoms. The van der Waals surface area contributed by atoms with Gasteiger partial charge in [0.15, 0.2) is 0 Å². The number of urea groups is 1. The van der Waals surface area contributed by atoms with Gasteiger partial charge in [-0.25, -0.2) is 4.79 Å². The molecule has 3 rings (SSSR count). The number of nitrogens with one attached hydrogen (secondary N) is 1. The van der Waals surface area contributed by atoms with Crippen molar-refractivity contribution in [3.63, 3.8) is 0 Å². The lowest BCUT2D eigenvalue weighted by molar-refractivity contribution is 0.0340. The Hall–Kier alpha value is -1.63. The summed E-state index contributed by atoms with van der Waals surface area (Å²) in [6.07, 6.45) is 1.97. The number of likely N-dealkylation sites (tertiary alicyclic amines) is 1. The fourth-order valence-electron chi connectivity index (χ4n) is 3.57. The highest BCUT2D eigenvalue weighted by molar-refractivity contribution is 5.74. The monoisotopic (exact) mass is 347 g/mol. The van der Waals surface area contributed by atoms with E-state index in [2.05, 4.69) is 28.4 Å². The molecular formula is C19H29N3O3. The fourth-order valence-corrected chi connectivity index (χ4v) is 3.57. The molecule has 2 heterocycles. The molecule has 2 aliphatic rings. The molecule has 25 heavy (non-hydrogen) atoms. The normalized spacial score (nSPS) is 22.0. The first-order valence-corrected chi connectivity index (χ1v) is 9.27. The lowest BCUT2D eigenvalue weighted by Gasteiger charge is -2.32. The van der Waals surface area contributed by atoms with Gasteiger partial charge in [-0.3, -0.25) is 4.90 Å². The van der Waals surface area contributed by atoms with E-state index in [1.54, 1.807) is 0 Å². The second kappa shape index (κ2) is 9.17. The smallest absolute Gasteiger partial charge is 0.317 e. The lowest BCUT2D eigenvalue weighted by atomic mass is 9.99. The molecule has 0 saturated carbocycles. The van der Waals surface area contributed by atoms with E-state index >= 15 is 0 Å². The van der Waals surface area contributed by atoms with Crippen LogP contribution in [-0.4, -0.2) is 66.9 Å². The van der Waals surface area contributed by atoms with Gasteiger partial charge in [0.25, 0.3) is 0 Å². The highest BCUT2D eigenvalue weighted by Gasteiger charge is 2.23. The van der Waals surface area contributed by atoms with Crippen molar-refractivity contribution in [1.29, 1.82) is 0 Å². The first kappa shape index (κ1) is 18.2. The second-order valence-electron chi connectivity index (χ2n) is 6.95.